The van der Waals surface area contributed by atoms with Gasteiger partial charge in [0.2, 0.25) is 0 Å². The zero-order valence-electron chi connectivity index (χ0n) is 14.3. The van der Waals surface area contributed by atoms with Crippen molar-refractivity contribution in [1.82, 2.24) is 9.79 Å². The molecular weight excluding hydrogens is 370 g/mol. The van der Waals surface area contributed by atoms with Crippen LogP contribution in [0.4, 0.5) is 5.69 Å². The lowest BCUT2D eigenvalue weighted by molar-refractivity contribution is 0.0375. The number of hydrogen-bond donors (Lipinski definition) is 3. The third kappa shape index (κ3) is 3.48. The largest absolute Gasteiger partial charge is 0.490 e. The van der Waals surface area contributed by atoms with Gasteiger partial charge < -0.3 is 4.74 Å². The van der Waals surface area contributed by atoms with Gasteiger partial charge in [0.15, 0.2) is 0 Å². The van der Waals surface area contributed by atoms with Crippen molar-refractivity contribution in [2.45, 2.75) is 31.5 Å². The Hall–Kier alpha value is -2.62. The molecule has 5 rings (SSSR count). The zero-order chi connectivity index (χ0) is 19.0. The molecule has 27 heavy (non-hydrogen) atoms. The summed E-state index contributed by atoms with van der Waals surface area (Å²) in [7, 11) is -3.79. The van der Waals surface area contributed by atoms with Crippen LogP contribution in [0.5, 0.6) is 5.75 Å². The van der Waals surface area contributed by atoms with Crippen LogP contribution in [0.25, 0.3) is 0 Å². The number of para-hydroxylation sites is 1. The van der Waals surface area contributed by atoms with E-state index in [2.05, 4.69) is 4.72 Å². The lowest BCUT2D eigenvalue weighted by atomic mass is 9.88. The van der Waals surface area contributed by atoms with Crippen molar-refractivity contribution in [2.24, 2.45) is 0 Å². The Balaban J connectivity index is 1.67. The molecule has 1 saturated carbocycles. The highest BCUT2D eigenvalue weighted by atomic mass is 32.2. The van der Waals surface area contributed by atoms with Gasteiger partial charge >= 0.3 is 10.2 Å². The topological polar surface area (TPSA) is 108 Å². The van der Waals surface area contributed by atoms with Gasteiger partial charge in [-0.15, -0.1) is 0 Å². The first-order chi connectivity index (χ1) is 13.0. The molecule has 142 valence electrons. The number of hydrogen-bond acceptors (Lipinski definition) is 5. The molecule has 2 bridgehead atoms. The Morgan fingerprint density at radius 2 is 1.89 bits per heavy atom. The molecule has 1 amide bonds. The molecule has 2 aromatic carbocycles. The summed E-state index contributed by atoms with van der Waals surface area (Å²) < 4.78 is 35.9. The van der Waals surface area contributed by atoms with Crippen molar-refractivity contribution >= 4 is 21.8 Å². The molecule has 1 aliphatic carbocycles. The number of nitrogens with zero attached hydrogens (tertiary/aromatic N) is 1. The van der Waals surface area contributed by atoms with Gasteiger partial charge in [0.05, 0.1) is 0 Å². The third-order valence-corrected chi connectivity index (χ3v) is 6.39. The van der Waals surface area contributed by atoms with Crippen LogP contribution in [0.2, 0.25) is 0 Å². The number of hydroxylamine groups is 1. The average molecular weight is 389 g/mol. The summed E-state index contributed by atoms with van der Waals surface area (Å²) in [4.78, 5) is 11.7. The number of benzene rings is 2. The van der Waals surface area contributed by atoms with Crippen molar-refractivity contribution < 1.29 is 23.2 Å². The number of anilines is 1. The second-order valence-corrected chi connectivity index (χ2v) is 8.27. The Morgan fingerprint density at radius 1 is 1.15 bits per heavy atom. The fourth-order valence-corrected chi connectivity index (χ4v) is 4.79. The molecule has 0 spiro atoms. The van der Waals surface area contributed by atoms with Crippen molar-refractivity contribution in [3.63, 3.8) is 0 Å². The molecule has 3 N–H and O–H groups in total. The molecule has 2 aromatic rings. The van der Waals surface area contributed by atoms with Gasteiger partial charge in [-0.2, -0.15) is 12.7 Å². The highest BCUT2D eigenvalue weighted by Gasteiger charge is 2.43. The highest BCUT2D eigenvalue weighted by Crippen LogP contribution is 2.38. The van der Waals surface area contributed by atoms with Crippen molar-refractivity contribution in [2.75, 3.05) is 4.72 Å². The molecule has 0 unspecified atom stereocenters. The van der Waals surface area contributed by atoms with E-state index in [9.17, 15) is 13.2 Å². The summed E-state index contributed by atoms with van der Waals surface area (Å²) in [5.41, 5.74) is 2.87. The monoisotopic (exact) mass is 389 g/mol. The van der Waals surface area contributed by atoms with Crippen molar-refractivity contribution in [1.29, 1.82) is 0 Å². The fraction of sp³-hybridized carbons (Fsp3) is 0.278. The molecular formula is C18H19N3O5S. The molecule has 0 atom stereocenters. The third-order valence-electron chi connectivity index (χ3n) is 4.85. The maximum Gasteiger partial charge on any atom is 0.302 e. The SMILES string of the molecule is O=C(NO)c1ccc2c(c1)CN(S(=O)(=O)Nc1ccccc1)C1CC(C1)O2. The van der Waals surface area contributed by atoms with Crippen LogP contribution in [-0.2, 0) is 16.8 Å². The summed E-state index contributed by atoms with van der Waals surface area (Å²) in [6, 6.07) is 13.2. The van der Waals surface area contributed by atoms with Crippen molar-refractivity contribution in [3.05, 3.63) is 59.7 Å². The first kappa shape index (κ1) is 17.8. The maximum atomic E-state index is 13.0. The van der Waals surface area contributed by atoms with Gasteiger partial charge in [-0.05, 0) is 30.3 Å². The summed E-state index contributed by atoms with van der Waals surface area (Å²) in [5, 5.41) is 8.84. The number of nitrogens with one attached hydrogen (secondary N) is 2. The van der Waals surface area contributed by atoms with E-state index >= 15 is 0 Å². The Labute approximate surface area is 156 Å². The normalized spacial score (nSPS) is 21.7. The van der Waals surface area contributed by atoms with Crippen LogP contribution < -0.4 is 14.9 Å². The van der Waals surface area contributed by atoms with E-state index in [1.54, 1.807) is 35.8 Å². The summed E-state index contributed by atoms with van der Waals surface area (Å²) >= 11 is 0. The van der Waals surface area contributed by atoms with Crippen LogP contribution >= 0.6 is 0 Å². The molecule has 8 nitrogen and oxygen atoms in total. The van der Waals surface area contributed by atoms with Crippen LogP contribution in [-0.4, -0.2) is 36.0 Å². The minimum Gasteiger partial charge on any atom is -0.490 e. The minimum absolute atomic E-state index is 0.0546. The summed E-state index contributed by atoms with van der Waals surface area (Å²) in [6.45, 7) is 0.0709. The maximum absolute atomic E-state index is 13.0. The van der Waals surface area contributed by atoms with E-state index in [-0.39, 0.29) is 24.3 Å². The standard InChI is InChI=1S/C18H19N3O5S/c22-18(19-23)12-6-7-17-13(8-12)11-21(15-9-16(10-15)26-17)27(24,25)20-14-4-2-1-3-5-14/h1-8,15-16,20,23H,9-11H2,(H,19,22). The quantitative estimate of drug-likeness (QED) is 0.547. The van der Waals surface area contributed by atoms with Crippen LogP contribution in [0.3, 0.4) is 0 Å². The number of carbonyl (C=O) groups is 1. The number of rotatable bonds is 4. The Kier molecular flexibility index (Phi) is 4.50. The average Bonchev–Trinajstić information content (AvgIpc) is 2.60. The van der Waals surface area contributed by atoms with Gasteiger partial charge in [0, 0.05) is 42.2 Å². The van der Waals surface area contributed by atoms with Crippen molar-refractivity contribution in [3.8, 4) is 5.75 Å². The predicted molar refractivity (Wildman–Crippen MR) is 97.7 cm³/mol. The van der Waals surface area contributed by atoms with E-state index < -0.39 is 16.1 Å². The van der Waals surface area contributed by atoms with E-state index in [0.717, 1.165) is 0 Å². The first-order valence-corrected chi connectivity index (χ1v) is 9.99. The predicted octanol–water partition coefficient (Wildman–Crippen LogP) is 1.89. The molecule has 0 radical (unpaired) electrons. The molecule has 1 fully saturated rings. The number of amides is 1. The molecule has 2 heterocycles. The molecule has 9 heteroatoms. The summed E-state index contributed by atoms with van der Waals surface area (Å²) in [6.07, 6.45) is 1.18. The molecule has 0 aromatic heterocycles. The number of fused-ring (bicyclic) bond motifs is 1. The van der Waals surface area contributed by atoms with E-state index in [4.69, 9.17) is 9.94 Å². The van der Waals surface area contributed by atoms with Gasteiger partial charge in [-0.1, -0.05) is 18.2 Å². The van der Waals surface area contributed by atoms with E-state index in [0.29, 0.717) is 29.8 Å². The van der Waals surface area contributed by atoms with Gasteiger partial charge in [0.25, 0.3) is 5.91 Å². The van der Waals surface area contributed by atoms with E-state index in [1.807, 2.05) is 6.07 Å². The molecule has 2 aliphatic heterocycles. The Bertz CT molecular complexity index is 958. The van der Waals surface area contributed by atoms with Gasteiger partial charge in [0.1, 0.15) is 11.9 Å². The van der Waals surface area contributed by atoms with Crippen LogP contribution in [0.15, 0.2) is 48.5 Å². The smallest absolute Gasteiger partial charge is 0.302 e. The van der Waals surface area contributed by atoms with Gasteiger partial charge in [-0.3, -0.25) is 14.7 Å². The second kappa shape index (κ2) is 6.84. The second-order valence-electron chi connectivity index (χ2n) is 6.65. The highest BCUT2D eigenvalue weighted by molar-refractivity contribution is 7.90. The lowest BCUT2D eigenvalue weighted by Gasteiger charge is -2.44. The van der Waals surface area contributed by atoms with Crippen LogP contribution in [0, 0.1) is 0 Å². The van der Waals surface area contributed by atoms with Gasteiger partial charge in [-0.25, -0.2) is 5.48 Å². The number of ether oxygens (including phenoxy) is 1. The first-order valence-electron chi connectivity index (χ1n) is 8.55. The lowest BCUT2D eigenvalue weighted by Crippen LogP contribution is -2.53. The molecule has 0 saturated heterocycles. The van der Waals surface area contributed by atoms with Crippen LogP contribution in [0.1, 0.15) is 28.8 Å². The molecule has 3 aliphatic rings. The number of carbonyl (C=O) groups excluding carboxylic acids is 1. The fourth-order valence-electron chi connectivity index (χ4n) is 3.36. The zero-order valence-corrected chi connectivity index (χ0v) is 15.1. The Morgan fingerprint density at radius 3 is 2.59 bits per heavy atom. The summed E-state index contributed by atoms with van der Waals surface area (Å²) in [5.74, 6) is -0.116. The van der Waals surface area contributed by atoms with E-state index in [1.165, 1.54) is 16.4 Å². The minimum atomic E-state index is -3.79.